The number of nitrogens with zero attached hydrogens (tertiary/aromatic N) is 4. The van der Waals surface area contributed by atoms with Crippen LogP contribution in [0.5, 0.6) is 5.75 Å². The van der Waals surface area contributed by atoms with Gasteiger partial charge in [0.25, 0.3) is 5.91 Å². The third-order valence-corrected chi connectivity index (χ3v) is 3.79. The van der Waals surface area contributed by atoms with E-state index in [0.717, 1.165) is 6.07 Å². The van der Waals surface area contributed by atoms with Gasteiger partial charge in [-0.25, -0.2) is 0 Å². The smallest absolute Gasteiger partial charge is 0.405 e. The molecular formula is C16H15F3N4O2. The van der Waals surface area contributed by atoms with Crippen LogP contribution >= 0.6 is 0 Å². The summed E-state index contributed by atoms with van der Waals surface area (Å²) in [6, 6.07) is 8.95. The molecule has 1 aromatic heterocycles. The highest BCUT2D eigenvalue weighted by Crippen LogP contribution is 2.27. The monoisotopic (exact) mass is 352 g/mol. The minimum Gasteiger partial charge on any atom is -0.405 e. The Hall–Kier alpha value is -2.84. The van der Waals surface area contributed by atoms with E-state index in [-0.39, 0.29) is 5.56 Å². The van der Waals surface area contributed by atoms with Gasteiger partial charge in [0, 0.05) is 32.4 Å². The SMILES string of the molecule is O=C(c1ccccc1OC(F)(F)F)N1CCN(c2cccnn2)CC1. The summed E-state index contributed by atoms with van der Waals surface area (Å²) in [5, 5.41) is 7.82. The molecule has 1 fully saturated rings. The number of halogens is 3. The number of benzene rings is 1. The van der Waals surface area contributed by atoms with Gasteiger partial charge in [0.2, 0.25) is 0 Å². The molecular weight excluding hydrogens is 337 g/mol. The van der Waals surface area contributed by atoms with Crippen LogP contribution in [-0.4, -0.2) is 53.5 Å². The van der Waals surface area contributed by atoms with E-state index in [1.54, 1.807) is 12.3 Å². The Bertz CT molecular complexity index is 732. The zero-order chi connectivity index (χ0) is 17.9. The number of rotatable bonds is 3. The van der Waals surface area contributed by atoms with Crippen LogP contribution in [0.4, 0.5) is 19.0 Å². The molecule has 0 aliphatic carbocycles. The van der Waals surface area contributed by atoms with Crippen LogP contribution in [0.3, 0.4) is 0 Å². The molecule has 25 heavy (non-hydrogen) atoms. The normalized spacial score (nSPS) is 15.2. The molecule has 0 atom stereocenters. The number of amides is 1. The van der Waals surface area contributed by atoms with Crippen molar-refractivity contribution >= 4 is 11.7 Å². The average molecular weight is 352 g/mol. The van der Waals surface area contributed by atoms with Crippen LogP contribution in [0.25, 0.3) is 0 Å². The quantitative estimate of drug-likeness (QED) is 0.849. The average Bonchev–Trinajstić information content (AvgIpc) is 2.61. The number of alkyl halides is 3. The molecule has 0 bridgehead atoms. The van der Waals surface area contributed by atoms with Crippen LogP contribution in [0, 0.1) is 0 Å². The minimum absolute atomic E-state index is 0.104. The molecule has 9 heteroatoms. The zero-order valence-electron chi connectivity index (χ0n) is 13.1. The van der Waals surface area contributed by atoms with Crippen molar-refractivity contribution in [1.29, 1.82) is 0 Å². The largest absolute Gasteiger partial charge is 0.573 e. The highest BCUT2D eigenvalue weighted by Gasteiger charge is 2.34. The van der Waals surface area contributed by atoms with Crippen molar-refractivity contribution in [2.45, 2.75) is 6.36 Å². The fraction of sp³-hybridized carbons (Fsp3) is 0.312. The van der Waals surface area contributed by atoms with Crippen LogP contribution < -0.4 is 9.64 Å². The summed E-state index contributed by atoms with van der Waals surface area (Å²) in [6.07, 6.45) is -3.28. The van der Waals surface area contributed by atoms with Crippen molar-refractivity contribution in [1.82, 2.24) is 15.1 Å². The fourth-order valence-corrected chi connectivity index (χ4v) is 2.63. The van der Waals surface area contributed by atoms with Gasteiger partial charge in [-0.3, -0.25) is 4.79 Å². The van der Waals surface area contributed by atoms with E-state index < -0.39 is 18.0 Å². The summed E-state index contributed by atoms with van der Waals surface area (Å²) in [6.45, 7) is 1.78. The first kappa shape index (κ1) is 17.0. The fourth-order valence-electron chi connectivity index (χ4n) is 2.63. The van der Waals surface area contributed by atoms with Gasteiger partial charge in [-0.1, -0.05) is 12.1 Å². The third-order valence-electron chi connectivity index (χ3n) is 3.79. The van der Waals surface area contributed by atoms with E-state index >= 15 is 0 Å². The minimum atomic E-state index is -4.85. The lowest BCUT2D eigenvalue weighted by molar-refractivity contribution is -0.274. The number of hydrogen-bond donors (Lipinski definition) is 0. The van der Waals surface area contributed by atoms with Gasteiger partial charge in [-0.15, -0.1) is 18.3 Å². The van der Waals surface area contributed by atoms with Crippen molar-refractivity contribution in [3.8, 4) is 5.75 Å². The first-order valence-electron chi connectivity index (χ1n) is 7.61. The summed E-state index contributed by atoms with van der Waals surface area (Å²) in [5.74, 6) is -0.273. The summed E-state index contributed by atoms with van der Waals surface area (Å²) >= 11 is 0. The predicted octanol–water partition coefficient (Wildman–Crippen LogP) is 2.34. The lowest BCUT2D eigenvalue weighted by Crippen LogP contribution is -2.49. The molecule has 2 heterocycles. The van der Waals surface area contributed by atoms with Crippen molar-refractivity contribution in [3.63, 3.8) is 0 Å². The van der Waals surface area contributed by atoms with Crippen LogP contribution in [0.15, 0.2) is 42.6 Å². The number of carbonyl (C=O) groups excluding carboxylic acids is 1. The molecule has 1 saturated heterocycles. The number of para-hydroxylation sites is 1. The molecule has 1 aliphatic heterocycles. The van der Waals surface area contributed by atoms with E-state index in [9.17, 15) is 18.0 Å². The number of anilines is 1. The molecule has 0 N–H and O–H groups in total. The highest BCUT2D eigenvalue weighted by molar-refractivity contribution is 5.97. The Morgan fingerprint density at radius 1 is 1.04 bits per heavy atom. The van der Waals surface area contributed by atoms with Crippen molar-refractivity contribution in [2.75, 3.05) is 31.1 Å². The van der Waals surface area contributed by atoms with Gasteiger partial charge in [0.1, 0.15) is 5.75 Å². The molecule has 3 rings (SSSR count). The van der Waals surface area contributed by atoms with Gasteiger partial charge in [-0.05, 0) is 24.3 Å². The Balaban J connectivity index is 1.69. The van der Waals surface area contributed by atoms with E-state index in [4.69, 9.17) is 0 Å². The standard InChI is InChI=1S/C16H15F3N4O2/c17-16(18,19)25-13-5-2-1-4-12(13)15(24)23-10-8-22(9-11-23)14-6-3-7-20-21-14/h1-7H,8-11H2. The second-order valence-electron chi connectivity index (χ2n) is 5.41. The number of piperazine rings is 1. The summed E-state index contributed by atoms with van der Waals surface area (Å²) in [4.78, 5) is 16.1. The maximum Gasteiger partial charge on any atom is 0.573 e. The van der Waals surface area contributed by atoms with Gasteiger partial charge >= 0.3 is 6.36 Å². The number of aromatic nitrogens is 2. The van der Waals surface area contributed by atoms with Crippen LogP contribution in [0.2, 0.25) is 0 Å². The molecule has 6 nitrogen and oxygen atoms in total. The molecule has 132 valence electrons. The van der Waals surface area contributed by atoms with E-state index in [0.29, 0.717) is 32.0 Å². The summed E-state index contributed by atoms with van der Waals surface area (Å²) < 4.78 is 41.5. The number of ether oxygens (including phenoxy) is 1. The maximum absolute atomic E-state index is 12.6. The Kier molecular flexibility index (Phi) is 4.73. The lowest BCUT2D eigenvalue weighted by Gasteiger charge is -2.35. The van der Waals surface area contributed by atoms with Crippen molar-refractivity contribution in [3.05, 3.63) is 48.2 Å². The molecule has 0 radical (unpaired) electrons. The third kappa shape index (κ3) is 4.17. The lowest BCUT2D eigenvalue weighted by atomic mass is 10.1. The highest BCUT2D eigenvalue weighted by atomic mass is 19.4. The van der Waals surface area contributed by atoms with Crippen LogP contribution in [0.1, 0.15) is 10.4 Å². The molecule has 1 aromatic carbocycles. The summed E-state index contributed by atoms with van der Waals surface area (Å²) in [7, 11) is 0. The van der Waals surface area contributed by atoms with Gasteiger partial charge in [-0.2, -0.15) is 5.10 Å². The molecule has 1 aliphatic rings. The van der Waals surface area contributed by atoms with E-state index in [2.05, 4.69) is 14.9 Å². The van der Waals surface area contributed by atoms with Gasteiger partial charge < -0.3 is 14.5 Å². The maximum atomic E-state index is 12.6. The molecule has 0 spiro atoms. The molecule has 1 amide bonds. The number of carbonyl (C=O) groups is 1. The second kappa shape index (κ2) is 6.96. The topological polar surface area (TPSA) is 58.6 Å². The van der Waals surface area contributed by atoms with Gasteiger partial charge in [0.15, 0.2) is 5.82 Å². The van der Waals surface area contributed by atoms with E-state index in [1.807, 2.05) is 11.0 Å². The molecule has 0 saturated carbocycles. The first-order valence-corrected chi connectivity index (χ1v) is 7.61. The zero-order valence-corrected chi connectivity index (χ0v) is 13.1. The Labute approximate surface area is 141 Å². The predicted molar refractivity (Wildman–Crippen MR) is 83.3 cm³/mol. The van der Waals surface area contributed by atoms with Crippen molar-refractivity contribution < 1.29 is 22.7 Å². The summed E-state index contributed by atoms with van der Waals surface area (Å²) in [5.41, 5.74) is -0.104. The number of hydrogen-bond acceptors (Lipinski definition) is 5. The molecule has 2 aromatic rings. The van der Waals surface area contributed by atoms with Crippen LogP contribution in [-0.2, 0) is 0 Å². The van der Waals surface area contributed by atoms with Gasteiger partial charge in [0.05, 0.1) is 5.56 Å². The Morgan fingerprint density at radius 3 is 2.40 bits per heavy atom. The van der Waals surface area contributed by atoms with E-state index in [1.165, 1.54) is 23.1 Å². The van der Waals surface area contributed by atoms with Crippen molar-refractivity contribution in [2.24, 2.45) is 0 Å². The Morgan fingerprint density at radius 2 is 1.76 bits per heavy atom. The second-order valence-corrected chi connectivity index (χ2v) is 5.41. The molecule has 0 unspecified atom stereocenters. The first-order chi connectivity index (χ1) is 11.9.